The molecule has 180 valence electrons. The standard InChI is InChI=1S/C20H18F6N2O4S/c21-19(22,23)14-4-1-3-13(11-14)18(29)27-32-16-7-9-28(10-8-16)33(30,31)17-6-2-5-15(12-17)20(24,25)26/h1-6,11-12,16H,7-10H2,(H,27,29). The van der Waals surface area contributed by atoms with E-state index in [2.05, 4.69) is 5.48 Å². The van der Waals surface area contributed by atoms with Gasteiger partial charge in [0.05, 0.1) is 22.1 Å². The van der Waals surface area contributed by atoms with Crippen LogP contribution >= 0.6 is 0 Å². The molecule has 0 aromatic heterocycles. The van der Waals surface area contributed by atoms with E-state index in [4.69, 9.17) is 4.84 Å². The fourth-order valence-corrected chi connectivity index (χ4v) is 4.72. The maximum absolute atomic E-state index is 12.9. The number of sulfonamides is 1. The van der Waals surface area contributed by atoms with E-state index in [9.17, 15) is 39.6 Å². The zero-order valence-corrected chi connectivity index (χ0v) is 17.6. The zero-order valence-electron chi connectivity index (χ0n) is 16.8. The predicted molar refractivity (Wildman–Crippen MR) is 103 cm³/mol. The van der Waals surface area contributed by atoms with Crippen molar-refractivity contribution in [3.8, 4) is 0 Å². The molecule has 1 N–H and O–H groups in total. The molecular formula is C20H18F6N2O4S. The molecule has 0 spiro atoms. The van der Waals surface area contributed by atoms with Crippen molar-refractivity contribution in [2.75, 3.05) is 13.1 Å². The molecule has 6 nitrogen and oxygen atoms in total. The number of rotatable bonds is 5. The minimum absolute atomic E-state index is 0.0807. The lowest BCUT2D eigenvalue weighted by Crippen LogP contribution is -2.43. The van der Waals surface area contributed by atoms with E-state index < -0.39 is 50.4 Å². The summed E-state index contributed by atoms with van der Waals surface area (Å²) < 4.78 is 103. The SMILES string of the molecule is O=C(NOC1CCN(S(=O)(=O)c2cccc(C(F)(F)F)c2)CC1)c1cccc(C(F)(F)F)c1. The number of nitrogens with zero attached hydrogens (tertiary/aromatic N) is 1. The van der Waals surface area contributed by atoms with E-state index >= 15 is 0 Å². The minimum atomic E-state index is -4.69. The molecule has 33 heavy (non-hydrogen) atoms. The lowest BCUT2D eigenvalue weighted by atomic mass is 10.1. The van der Waals surface area contributed by atoms with Crippen molar-refractivity contribution in [1.82, 2.24) is 9.79 Å². The van der Waals surface area contributed by atoms with E-state index in [1.54, 1.807) is 0 Å². The smallest absolute Gasteiger partial charge is 0.270 e. The first-order valence-corrected chi connectivity index (χ1v) is 11.0. The first-order chi connectivity index (χ1) is 15.3. The minimum Gasteiger partial charge on any atom is -0.270 e. The molecule has 1 heterocycles. The van der Waals surface area contributed by atoms with Crippen molar-refractivity contribution in [3.05, 3.63) is 65.2 Å². The first kappa shape index (κ1) is 25.0. The Balaban J connectivity index is 1.58. The number of hydrogen-bond donors (Lipinski definition) is 1. The molecule has 0 bridgehead atoms. The largest absolute Gasteiger partial charge is 0.416 e. The van der Waals surface area contributed by atoms with Gasteiger partial charge in [-0.1, -0.05) is 12.1 Å². The van der Waals surface area contributed by atoms with Crippen molar-refractivity contribution in [2.45, 2.75) is 36.2 Å². The second-order valence-corrected chi connectivity index (χ2v) is 9.19. The molecule has 1 aliphatic rings. The van der Waals surface area contributed by atoms with Gasteiger partial charge in [0.25, 0.3) is 5.91 Å². The summed E-state index contributed by atoms with van der Waals surface area (Å²) in [6, 6.07) is 7.16. The quantitative estimate of drug-likeness (QED) is 0.497. The average molecular weight is 496 g/mol. The molecule has 0 unspecified atom stereocenters. The van der Waals surface area contributed by atoms with Gasteiger partial charge < -0.3 is 0 Å². The summed E-state index contributed by atoms with van der Waals surface area (Å²) in [6.45, 7) is -0.161. The van der Waals surface area contributed by atoms with Gasteiger partial charge in [0.1, 0.15) is 0 Å². The number of carbonyl (C=O) groups excluding carboxylic acids is 1. The van der Waals surface area contributed by atoms with Gasteiger partial charge in [0.2, 0.25) is 10.0 Å². The van der Waals surface area contributed by atoms with Crippen LogP contribution in [-0.2, 0) is 27.2 Å². The summed E-state index contributed by atoms with van der Waals surface area (Å²) in [6.07, 6.45) is -9.71. The number of amides is 1. The van der Waals surface area contributed by atoms with E-state index in [1.165, 1.54) is 6.07 Å². The Bertz CT molecular complexity index is 1110. The number of benzene rings is 2. The average Bonchev–Trinajstić information content (AvgIpc) is 2.77. The molecule has 1 saturated heterocycles. The van der Waals surface area contributed by atoms with Gasteiger partial charge in [0, 0.05) is 18.7 Å². The molecule has 13 heteroatoms. The van der Waals surface area contributed by atoms with Gasteiger partial charge in [-0.15, -0.1) is 0 Å². The van der Waals surface area contributed by atoms with Crippen LogP contribution in [0.3, 0.4) is 0 Å². The fourth-order valence-electron chi connectivity index (χ4n) is 3.20. The maximum Gasteiger partial charge on any atom is 0.416 e. The van der Waals surface area contributed by atoms with Crippen LogP contribution in [-0.4, -0.2) is 37.8 Å². The van der Waals surface area contributed by atoms with Crippen LogP contribution in [0.1, 0.15) is 34.3 Å². The number of halogens is 6. The van der Waals surface area contributed by atoms with Gasteiger partial charge in [-0.2, -0.15) is 30.6 Å². The molecule has 0 atom stereocenters. The Labute approximate surface area is 185 Å². The van der Waals surface area contributed by atoms with Crippen molar-refractivity contribution in [1.29, 1.82) is 0 Å². The van der Waals surface area contributed by atoms with Gasteiger partial charge >= 0.3 is 12.4 Å². The summed E-state index contributed by atoms with van der Waals surface area (Å²) in [5.41, 5.74) is -0.293. The Morgan fingerprint density at radius 2 is 1.45 bits per heavy atom. The van der Waals surface area contributed by atoms with Gasteiger partial charge in [-0.05, 0) is 49.2 Å². The van der Waals surface area contributed by atoms with Gasteiger partial charge in [-0.3, -0.25) is 9.63 Å². The van der Waals surface area contributed by atoms with E-state index in [-0.39, 0.29) is 31.5 Å². The first-order valence-electron chi connectivity index (χ1n) is 9.59. The highest BCUT2D eigenvalue weighted by Gasteiger charge is 2.35. The molecular weight excluding hydrogens is 478 g/mol. The van der Waals surface area contributed by atoms with E-state index in [1.807, 2.05) is 0 Å². The fraction of sp³-hybridized carbons (Fsp3) is 0.350. The van der Waals surface area contributed by atoms with Crippen LogP contribution < -0.4 is 5.48 Å². The number of hydrogen-bond acceptors (Lipinski definition) is 4. The molecule has 0 aliphatic carbocycles. The monoisotopic (exact) mass is 496 g/mol. The topological polar surface area (TPSA) is 75.7 Å². The second-order valence-electron chi connectivity index (χ2n) is 7.26. The molecule has 1 aliphatic heterocycles. The molecule has 0 radical (unpaired) electrons. The van der Waals surface area contributed by atoms with E-state index in [0.29, 0.717) is 12.1 Å². The number of carbonyl (C=O) groups is 1. The third kappa shape index (κ3) is 6.03. The predicted octanol–water partition coefficient (Wildman–Crippen LogP) is 4.24. The Hall–Kier alpha value is -2.64. The van der Waals surface area contributed by atoms with Crippen LogP contribution in [0.15, 0.2) is 53.4 Å². The normalized spacial score (nSPS) is 16.5. The molecule has 2 aromatic rings. The highest BCUT2D eigenvalue weighted by Crippen LogP contribution is 2.32. The van der Waals surface area contributed by atoms with Crippen molar-refractivity contribution in [2.24, 2.45) is 0 Å². The molecule has 1 amide bonds. The third-order valence-electron chi connectivity index (χ3n) is 4.97. The lowest BCUT2D eigenvalue weighted by Gasteiger charge is -2.30. The third-order valence-corrected chi connectivity index (χ3v) is 6.87. The molecule has 3 rings (SSSR count). The molecule has 0 saturated carbocycles. The van der Waals surface area contributed by atoms with Crippen LogP contribution in [0.2, 0.25) is 0 Å². The second kappa shape index (κ2) is 9.31. The summed E-state index contributed by atoms with van der Waals surface area (Å²) in [4.78, 5) is 16.8. The van der Waals surface area contributed by atoms with Crippen LogP contribution in [0.25, 0.3) is 0 Å². The number of alkyl halides is 6. The molecule has 1 fully saturated rings. The van der Waals surface area contributed by atoms with E-state index in [0.717, 1.165) is 34.6 Å². The van der Waals surface area contributed by atoms with Crippen LogP contribution in [0, 0.1) is 0 Å². The van der Waals surface area contributed by atoms with Crippen molar-refractivity contribution in [3.63, 3.8) is 0 Å². The van der Waals surface area contributed by atoms with Gasteiger partial charge in [-0.25, -0.2) is 13.9 Å². The highest BCUT2D eigenvalue weighted by atomic mass is 32.2. The van der Waals surface area contributed by atoms with Gasteiger partial charge in [0.15, 0.2) is 0 Å². The maximum atomic E-state index is 12.9. The van der Waals surface area contributed by atoms with Crippen LogP contribution in [0.4, 0.5) is 26.3 Å². The number of hydroxylamine groups is 1. The Morgan fingerprint density at radius 3 is 2.03 bits per heavy atom. The van der Waals surface area contributed by atoms with Crippen LogP contribution in [0.5, 0.6) is 0 Å². The summed E-state index contributed by atoms with van der Waals surface area (Å²) in [7, 11) is -4.18. The van der Waals surface area contributed by atoms with Crippen molar-refractivity contribution < 1.29 is 44.4 Å². The lowest BCUT2D eigenvalue weighted by molar-refractivity contribution is -0.138. The zero-order chi connectivity index (χ0) is 24.4. The summed E-state index contributed by atoms with van der Waals surface area (Å²) in [5.74, 6) is -0.903. The van der Waals surface area contributed by atoms with Crippen molar-refractivity contribution >= 4 is 15.9 Å². The summed E-state index contributed by atoms with van der Waals surface area (Å²) >= 11 is 0. The molecule has 2 aromatic carbocycles. The number of piperidine rings is 1. The Morgan fingerprint density at radius 1 is 0.909 bits per heavy atom. The summed E-state index contributed by atoms with van der Waals surface area (Å²) in [5, 5.41) is 0. The Kier molecular flexibility index (Phi) is 7.05. The number of nitrogens with one attached hydrogen (secondary N) is 1. The highest BCUT2D eigenvalue weighted by molar-refractivity contribution is 7.89.